The normalized spacial score (nSPS) is 14.8. The summed E-state index contributed by atoms with van der Waals surface area (Å²) in [5.41, 5.74) is 2.99. The summed E-state index contributed by atoms with van der Waals surface area (Å²) in [4.78, 5) is 23.8. The van der Waals surface area contributed by atoms with Gasteiger partial charge in [-0.2, -0.15) is 5.26 Å². The van der Waals surface area contributed by atoms with E-state index in [-0.39, 0.29) is 0 Å². The first-order valence-electron chi connectivity index (χ1n) is 10.8. The van der Waals surface area contributed by atoms with Crippen LogP contribution in [-0.4, -0.2) is 71.5 Å². The van der Waals surface area contributed by atoms with E-state index in [0.29, 0.717) is 45.2 Å². The molecule has 3 aromatic rings. The maximum Gasteiger partial charge on any atom is 0.407 e. The van der Waals surface area contributed by atoms with Gasteiger partial charge in [-0.15, -0.1) is 0 Å². The quantitative estimate of drug-likeness (QED) is 0.450. The predicted octanol–water partition coefficient (Wildman–Crippen LogP) is 3.57. The molecule has 0 saturated carbocycles. The highest BCUT2D eigenvalue weighted by molar-refractivity contribution is 6.76. The molecule has 1 saturated heterocycles. The van der Waals surface area contributed by atoms with Crippen molar-refractivity contribution in [2.45, 2.75) is 32.4 Å². The van der Waals surface area contributed by atoms with Gasteiger partial charge in [-0.25, -0.2) is 14.8 Å². The largest absolute Gasteiger partial charge is 0.465 e. The molecule has 4 rings (SSSR count). The average molecular weight is 453 g/mol. The van der Waals surface area contributed by atoms with Crippen molar-refractivity contribution >= 4 is 41.8 Å². The third-order valence-electron chi connectivity index (χ3n) is 5.83. The number of hydrogen-bond donors (Lipinski definition) is 1. The Hall–Kier alpha value is -3.16. The van der Waals surface area contributed by atoms with E-state index in [1.165, 1.54) is 4.90 Å². The van der Waals surface area contributed by atoms with Crippen molar-refractivity contribution < 1.29 is 14.6 Å². The molecule has 0 aliphatic carbocycles. The van der Waals surface area contributed by atoms with Gasteiger partial charge in [-0.3, -0.25) is 4.57 Å². The van der Waals surface area contributed by atoms with Crippen molar-refractivity contribution in [3.05, 3.63) is 30.2 Å². The fraction of sp³-hybridized carbons (Fsp3) is 0.455. The number of carboxylic acid groups (broad SMARTS) is 1. The fourth-order valence-electron chi connectivity index (χ4n) is 4.01. The average Bonchev–Trinajstić information content (AvgIpc) is 3.09. The van der Waals surface area contributed by atoms with Crippen LogP contribution in [0, 0.1) is 11.3 Å². The summed E-state index contributed by atoms with van der Waals surface area (Å²) in [6.07, 6.45) is 2.60. The molecule has 0 radical (unpaired) electrons. The highest BCUT2D eigenvalue weighted by atomic mass is 28.3. The fourth-order valence-corrected chi connectivity index (χ4v) is 4.77. The van der Waals surface area contributed by atoms with Gasteiger partial charge in [0, 0.05) is 52.4 Å². The van der Waals surface area contributed by atoms with Gasteiger partial charge in [0.2, 0.25) is 0 Å². The second kappa shape index (κ2) is 8.76. The van der Waals surface area contributed by atoms with E-state index in [0.717, 1.165) is 33.7 Å². The highest BCUT2D eigenvalue weighted by Crippen LogP contribution is 2.35. The minimum absolute atomic E-state index is 0.349. The lowest BCUT2D eigenvalue weighted by Gasteiger charge is -2.35. The van der Waals surface area contributed by atoms with Gasteiger partial charge in [-0.05, 0) is 18.2 Å². The van der Waals surface area contributed by atoms with E-state index >= 15 is 0 Å². The Labute approximate surface area is 187 Å². The molecule has 0 aromatic carbocycles. The van der Waals surface area contributed by atoms with Gasteiger partial charge in [0.15, 0.2) is 0 Å². The molecule has 9 nitrogen and oxygen atoms in total. The number of anilines is 1. The monoisotopic (exact) mass is 452 g/mol. The Kier molecular flexibility index (Phi) is 6.04. The van der Waals surface area contributed by atoms with E-state index in [1.807, 2.05) is 10.6 Å². The number of pyridine rings is 2. The van der Waals surface area contributed by atoms with Crippen molar-refractivity contribution in [3.63, 3.8) is 0 Å². The number of nitrogens with zero attached hydrogens (tertiary/aromatic N) is 6. The Balaban J connectivity index is 1.73. The molecule has 4 heterocycles. The number of rotatable bonds is 6. The summed E-state index contributed by atoms with van der Waals surface area (Å²) in [7, 11) is -1.20. The number of amides is 1. The van der Waals surface area contributed by atoms with Gasteiger partial charge < -0.3 is 19.6 Å². The van der Waals surface area contributed by atoms with Crippen LogP contribution in [0.5, 0.6) is 0 Å². The van der Waals surface area contributed by atoms with E-state index in [2.05, 4.69) is 40.6 Å². The molecule has 32 heavy (non-hydrogen) atoms. The number of hydrogen-bond acceptors (Lipinski definition) is 6. The predicted molar refractivity (Wildman–Crippen MR) is 126 cm³/mol. The highest BCUT2D eigenvalue weighted by Gasteiger charge is 2.24. The Morgan fingerprint density at radius 2 is 2.00 bits per heavy atom. The Morgan fingerprint density at radius 1 is 1.25 bits per heavy atom. The maximum atomic E-state index is 11.3. The zero-order chi connectivity index (χ0) is 22.9. The van der Waals surface area contributed by atoms with E-state index in [4.69, 9.17) is 4.74 Å². The van der Waals surface area contributed by atoms with Crippen LogP contribution in [0.1, 0.15) is 5.69 Å². The first-order chi connectivity index (χ1) is 15.3. The van der Waals surface area contributed by atoms with Gasteiger partial charge in [0.25, 0.3) is 0 Å². The minimum Gasteiger partial charge on any atom is -0.465 e. The van der Waals surface area contributed by atoms with Gasteiger partial charge in [0.1, 0.15) is 24.1 Å². The second-order valence-corrected chi connectivity index (χ2v) is 14.9. The lowest BCUT2D eigenvalue weighted by molar-refractivity contribution is 0.0925. The Morgan fingerprint density at radius 3 is 2.66 bits per heavy atom. The first-order valence-corrected chi connectivity index (χ1v) is 14.5. The molecule has 0 spiro atoms. The van der Waals surface area contributed by atoms with Crippen LogP contribution >= 0.6 is 0 Å². The lowest BCUT2D eigenvalue weighted by Crippen LogP contribution is -2.48. The third-order valence-corrected chi connectivity index (χ3v) is 7.53. The molecule has 168 valence electrons. The first kappa shape index (κ1) is 22.0. The van der Waals surface area contributed by atoms with E-state index in [9.17, 15) is 15.2 Å². The van der Waals surface area contributed by atoms with Crippen LogP contribution in [0.2, 0.25) is 25.7 Å². The molecule has 0 bridgehead atoms. The smallest absolute Gasteiger partial charge is 0.407 e. The van der Waals surface area contributed by atoms with Crippen LogP contribution < -0.4 is 4.90 Å². The van der Waals surface area contributed by atoms with Crippen molar-refractivity contribution in [2.24, 2.45) is 0 Å². The zero-order valence-electron chi connectivity index (χ0n) is 18.7. The van der Waals surface area contributed by atoms with Crippen LogP contribution in [0.3, 0.4) is 0 Å². The number of carbonyl (C=O) groups is 1. The summed E-state index contributed by atoms with van der Waals surface area (Å²) in [5, 5.41) is 20.5. The van der Waals surface area contributed by atoms with Gasteiger partial charge >= 0.3 is 6.09 Å². The number of fused-ring (bicyclic) bond motifs is 3. The van der Waals surface area contributed by atoms with E-state index < -0.39 is 14.2 Å². The molecule has 1 aliphatic rings. The van der Waals surface area contributed by atoms with Crippen LogP contribution in [0.15, 0.2) is 24.5 Å². The SMILES string of the molecule is C[Si](C)(C)CCOCn1c2cnc(C#N)cc2c2c(N3CCN(C(=O)O)CC3)ccnc21. The standard InChI is InChI=1S/C22H28N6O3Si/c1-32(2,3)11-10-31-15-28-19-14-25-16(13-23)12-17(19)20-18(4-5-24-21(20)28)26-6-8-27(9-7-26)22(29)30/h4-5,12,14H,6-11,15H2,1-3H3,(H,29,30). The maximum absolute atomic E-state index is 11.3. The van der Waals surface area contributed by atoms with Crippen molar-refractivity contribution in [1.82, 2.24) is 19.4 Å². The zero-order valence-corrected chi connectivity index (χ0v) is 19.7. The van der Waals surface area contributed by atoms with Crippen LogP contribution in [-0.2, 0) is 11.5 Å². The molecule has 0 unspecified atom stereocenters. The molecule has 1 aliphatic heterocycles. The number of ether oxygens (including phenoxy) is 1. The lowest BCUT2D eigenvalue weighted by atomic mass is 10.1. The van der Waals surface area contributed by atoms with Crippen LogP contribution in [0.25, 0.3) is 21.9 Å². The van der Waals surface area contributed by atoms with Gasteiger partial charge in [0.05, 0.1) is 22.8 Å². The number of nitriles is 1. The number of piperazine rings is 1. The summed E-state index contributed by atoms with van der Waals surface area (Å²) in [5.74, 6) is 0. The van der Waals surface area contributed by atoms with E-state index in [1.54, 1.807) is 18.5 Å². The summed E-state index contributed by atoms with van der Waals surface area (Å²) in [6, 6.07) is 6.96. The van der Waals surface area contributed by atoms with Crippen molar-refractivity contribution in [2.75, 3.05) is 37.7 Å². The summed E-state index contributed by atoms with van der Waals surface area (Å²) < 4.78 is 8.05. The van der Waals surface area contributed by atoms with Gasteiger partial charge in [-0.1, -0.05) is 19.6 Å². The van der Waals surface area contributed by atoms with Crippen LogP contribution in [0.4, 0.5) is 10.5 Å². The molecule has 1 fully saturated rings. The Bertz CT molecular complexity index is 1190. The molecule has 0 atom stereocenters. The molecule has 3 aromatic heterocycles. The van der Waals surface area contributed by atoms with Crippen molar-refractivity contribution in [3.8, 4) is 6.07 Å². The molecular formula is C22H28N6O3Si. The summed E-state index contributed by atoms with van der Waals surface area (Å²) >= 11 is 0. The molecule has 1 amide bonds. The summed E-state index contributed by atoms with van der Waals surface area (Å²) in [6.45, 7) is 10.1. The second-order valence-electron chi connectivity index (χ2n) is 9.26. The molecule has 1 N–H and O–H groups in total. The molecular weight excluding hydrogens is 424 g/mol. The van der Waals surface area contributed by atoms with Crippen molar-refractivity contribution in [1.29, 1.82) is 5.26 Å². The minimum atomic E-state index is -1.20. The third kappa shape index (κ3) is 4.40. The molecule has 10 heteroatoms. The number of aromatic nitrogens is 3. The topological polar surface area (TPSA) is 108 Å².